The normalized spacial score (nSPS) is 10.1. The second-order valence-corrected chi connectivity index (χ2v) is 4.77. The third-order valence-corrected chi connectivity index (χ3v) is 2.88. The third-order valence-electron chi connectivity index (χ3n) is 2.33. The molecular weight excluding hydrogens is 285 g/mol. The smallest absolute Gasteiger partial charge is 0.306 e. The number of aryl methyl sites for hydroxylation is 1. The fourth-order valence-electron chi connectivity index (χ4n) is 1.40. The zero-order valence-corrected chi connectivity index (χ0v) is 11.6. The Labute approximate surface area is 120 Å². The lowest BCUT2D eigenvalue weighted by Crippen LogP contribution is -2.20. The number of nitrogens with zero attached hydrogens (tertiary/aromatic N) is 1. The summed E-state index contributed by atoms with van der Waals surface area (Å²) in [5.74, 6) is 0.466. The Morgan fingerprint density at radius 3 is 2.58 bits per heavy atom. The van der Waals surface area contributed by atoms with Crippen molar-refractivity contribution in [1.82, 2.24) is 4.98 Å². The van der Waals surface area contributed by atoms with E-state index >= 15 is 0 Å². The van der Waals surface area contributed by atoms with Crippen LogP contribution in [0.1, 0.15) is 5.56 Å². The molecule has 0 fully saturated rings. The molecule has 0 aliphatic rings. The van der Waals surface area contributed by atoms with Gasteiger partial charge in [-0.05, 0) is 36.8 Å². The fourth-order valence-corrected chi connectivity index (χ4v) is 1.86. The fraction of sp³-hybridized carbons (Fsp3) is 0.0769. The molecule has 0 saturated carbocycles. The van der Waals surface area contributed by atoms with Crippen LogP contribution >= 0.6 is 23.2 Å². The van der Waals surface area contributed by atoms with Crippen LogP contribution in [0.3, 0.4) is 0 Å². The van der Waals surface area contributed by atoms with E-state index in [1.165, 1.54) is 0 Å². The molecule has 0 aliphatic heterocycles. The molecule has 2 amide bonds. The lowest BCUT2D eigenvalue weighted by Gasteiger charge is -2.08. The number of anilines is 2. The van der Waals surface area contributed by atoms with Crippen LogP contribution in [0.2, 0.25) is 10.0 Å². The first kappa shape index (κ1) is 13.6. The number of carbonyl (C=O) groups is 1. The van der Waals surface area contributed by atoms with Gasteiger partial charge in [0.15, 0.2) is 0 Å². The molecule has 0 atom stereocenters. The molecule has 2 rings (SSSR count). The second-order valence-electron chi connectivity index (χ2n) is 3.92. The first-order chi connectivity index (χ1) is 9.04. The Morgan fingerprint density at radius 2 is 1.95 bits per heavy atom. The maximum Gasteiger partial charge on any atom is 0.324 e. The molecule has 1 aromatic heterocycles. The highest BCUT2D eigenvalue weighted by Gasteiger charge is 2.06. The van der Waals surface area contributed by atoms with Gasteiger partial charge in [0, 0.05) is 11.2 Å². The summed E-state index contributed by atoms with van der Waals surface area (Å²) in [6, 6.07) is 8.00. The Hall–Kier alpha value is -1.78. The van der Waals surface area contributed by atoms with Gasteiger partial charge in [-0.2, -0.15) is 0 Å². The molecule has 0 bridgehead atoms. The Bertz CT molecular complexity index is 599. The standard InChI is InChI=1S/C13H11Cl2N3O/c1-8-2-5-12(16-7-8)18-13(19)17-11-4-3-9(14)6-10(11)15/h2-7H,1H3,(H2,16,17,18,19). The Balaban J connectivity index is 2.03. The minimum Gasteiger partial charge on any atom is -0.306 e. The van der Waals surface area contributed by atoms with Gasteiger partial charge in [0.05, 0.1) is 10.7 Å². The van der Waals surface area contributed by atoms with E-state index in [1.54, 1.807) is 30.5 Å². The highest BCUT2D eigenvalue weighted by Crippen LogP contribution is 2.25. The zero-order valence-electron chi connectivity index (χ0n) is 10.1. The Morgan fingerprint density at radius 1 is 1.16 bits per heavy atom. The lowest BCUT2D eigenvalue weighted by molar-refractivity contribution is 0.262. The van der Waals surface area contributed by atoms with Crippen molar-refractivity contribution in [3.8, 4) is 0 Å². The lowest BCUT2D eigenvalue weighted by atomic mass is 10.3. The number of amides is 2. The molecule has 2 aromatic rings. The number of benzene rings is 1. The van der Waals surface area contributed by atoms with Gasteiger partial charge < -0.3 is 5.32 Å². The molecule has 4 nitrogen and oxygen atoms in total. The molecule has 0 radical (unpaired) electrons. The second kappa shape index (κ2) is 5.91. The molecule has 98 valence electrons. The first-order valence-corrected chi connectivity index (χ1v) is 6.26. The van der Waals surface area contributed by atoms with Crippen LogP contribution in [0.25, 0.3) is 0 Å². The third kappa shape index (κ3) is 3.84. The van der Waals surface area contributed by atoms with Crippen molar-refractivity contribution in [2.45, 2.75) is 6.92 Å². The number of aromatic nitrogens is 1. The average Bonchev–Trinajstić information content (AvgIpc) is 2.36. The van der Waals surface area contributed by atoms with Crippen molar-refractivity contribution >= 4 is 40.7 Å². The zero-order chi connectivity index (χ0) is 13.8. The van der Waals surface area contributed by atoms with Crippen molar-refractivity contribution in [3.63, 3.8) is 0 Å². The van der Waals surface area contributed by atoms with Gasteiger partial charge in [0.25, 0.3) is 0 Å². The number of hydrogen-bond donors (Lipinski definition) is 2. The summed E-state index contributed by atoms with van der Waals surface area (Å²) in [5, 5.41) is 6.11. The van der Waals surface area contributed by atoms with Crippen LogP contribution in [-0.4, -0.2) is 11.0 Å². The summed E-state index contributed by atoms with van der Waals surface area (Å²) in [4.78, 5) is 15.8. The van der Waals surface area contributed by atoms with E-state index in [0.29, 0.717) is 21.6 Å². The van der Waals surface area contributed by atoms with Gasteiger partial charge in [0.1, 0.15) is 5.82 Å². The number of halogens is 2. The molecular formula is C13H11Cl2N3O. The molecule has 0 saturated heterocycles. The molecule has 0 spiro atoms. The number of nitrogens with one attached hydrogen (secondary N) is 2. The highest BCUT2D eigenvalue weighted by molar-refractivity contribution is 6.36. The van der Waals surface area contributed by atoms with Crippen LogP contribution in [0.4, 0.5) is 16.3 Å². The van der Waals surface area contributed by atoms with E-state index in [2.05, 4.69) is 15.6 Å². The predicted octanol–water partition coefficient (Wildman–Crippen LogP) is 4.34. The summed E-state index contributed by atoms with van der Waals surface area (Å²) in [6.07, 6.45) is 1.67. The first-order valence-electron chi connectivity index (χ1n) is 5.50. The summed E-state index contributed by atoms with van der Waals surface area (Å²) >= 11 is 11.7. The largest absolute Gasteiger partial charge is 0.324 e. The number of rotatable bonds is 2. The van der Waals surface area contributed by atoms with E-state index in [9.17, 15) is 4.79 Å². The van der Waals surface area contributed by atoms with Crippen LogP contribution < -0.4 is 10.6 Å². The molecule has 1 aromatic carbocycles. The molecule has 2 N–H and O–H groups in total. The van der Waals surface area contributed by atoms with Gasteiger partial charge in [-0.15, -0.1) is 0 Å². The van der Waals surface area contributed by atoms with Crippen LogP contribution in [-0.2, 0) is 0 Å². The van der Waals surface area contributed by atoms with Crippen LogP contribution in [0, 0.1) is 6.92 Å². The summed E-state index contributed by atoms with van der Waals surface area (Å²) < 4.78 is 0. The average molecular weight is 296 g/mol. The number of urea groups is 1. The van der Waals surface area contributed by atoms with Gasteiger partial charge in [-0.1, -0.05) is 29.3 Å². The number of hydrogen-bond acceptors (Lipinski definition) is 2. The molecule has 0 aliphatic carbocycles. The van der Waals surface area contributed by atoms with Gasteiger partial charge >= 0.3 is 6.03 Å². The van der Waals surface area contributed by atoms with E-state index in [-0.39, 0.29) is 0 Å². The number of carbonyl (C=O) groups excluding carboxylic acids is 1. The van der Waals surface area contributed by atoms with Gasteiger partial charge in [-0.3, -0.25) is 5.32 Å². The summed E-state index contributed by atoms with van der Waals surface area (Å²) in [5.41, 5.74) is 1.50. The van der Waals surface area contributed by atoms with Crippen molar-refractivity contribution in [1.29, 1.82) is 0 Å². The van der Waals surface area contributed by atoms with Crippen molar-refractivity contribution < 1.29 is 4.79 Å². The monoisotopic (exact) mass is 295 g/mol. The molecule has 1 heterocycles. The van der Waals surface area contributed by atoms with Gasteiger partial charge in [0.2, 0.25) is 0 Å². The molecule has 6 heteroatoms. The summed E-state index contributed by atoms with van der Waals surface area (Å²) in [6.45, 7) is 1.92. The number of pyridine rings is 1. The molecule has 0 unspecified atom stereocenters. The van der Waals surface area contributed by atoms with E-state index in [4.69, 9.17) is 23.2 Å². The molecule has 19 heavy (non-hydrogen) atoms. The van der Waals surface area contributed by atoms with Crippen molar-refractivity contribution in [2.24, 2.45) is 0 Å². The summed E-state index contributed by atoms with van der Waals surface area (Å²) in [7, 11) is 0. The van der Waals surface area contributed by atoms with Crippen molar-refractivity contribution in [3.05, 3.63) is 52.1 Å². The maximum atomic E-state index is 11.8. The van der Waals surface area contributed by atoms with Crippen molar-refractivity contribution in [2.75, 3.05) is 10.6 Å². The van der Waals surface area contributed by atoms with Crippen LogP contribution in [0.15, 0.2) is 36.5 Å². The minimum atomic E-state index is -0.416. The topological polar surface area (TPSA) is 54.0 Å². The minimum absolute atomic E-state index is 0.375. The quantitative estimate of drug-likeness (QED) is 0.866. The highest BCUT2D eigenvalue weighted by atomic mass is 35.5. The maximum absolute atomic E-state index is 11.8. The van der Waals surface area contributed by atoms with Crippen LogP contribution in [0.5, 0.6) is 0 Å². The van der Waals surface area contributed by atoms with E-state index in [0.717, 1.165) is 5.56 Å². The predicted molar refractivity (Wildman–Crippen MR) is 78.1 cm³/mol. The SMILES string of the molecule is Cc1ccc(NC(=O)Nc2ccc(Cl)cc2Cl)nc1. The Kier molecular flexibility index (Phi) is 4.24. The van der Waals surface area contributed by atoms with Gasteiger partial charge in [-0.25, -0.2) is 9.78 Å². The van der Waals surface area contributed by atoms with E-state index < -0.39 is 6.03 Å². The van der Waals surface area contributed by atoms with E-state index in [1.807, 2.05) is 13.0 Å².